The Labute approximate surface area is 142 Å². The predicted octanol–water partition coefficient (Wildman–Crippen LogP) is 2.69. The molecule has 0 spiro atoms. The molecule has 2 atom stereocenters. The molecule has 1 saturated heterocycles. The average Bonchev–Trinajstić information content (AvgIpc) is 3.40. The SMILES string of the molecule is CCCNC(=O)C1CCN(C(=O)C2CC2c2ccccc2F)CC1. The maximum Gasteiger partial charge on any atom is 0.226 e. The Balaban J connectivity index is 1.50. The van der Waals surface area contributed by atoms with Gasteiger partial charge in [0.15, 0.2) is 0 Å². The van der Waals surface area contributed by atoms with Gasteiger partial charge >= 0.3 is 0 Å². The second-order valence-electron chi connectivity index (χ2n) is 6.86. The summed E-state index contributed by atoms with van der Waals surface area (Å²) in [5.74, 6) is -0.0433. The zero-order valence-electron chi connectivity index (χ0n) is 14.1. The summed E-state index contributed by atoms with van der Waals surface area (Å²) in [5.41, 5.74) is 0.657. The number of nitrogens with one attached hydrogen (secondary N) is 1. The zero-order valence-corrected chi connectivity index (χ0v) is 14.1. The van der Waals surface area contributed by atoms with E-state index in [0.29, 0.717) is 25.2 Å². The first-order chi connectivity index (χ1) is 11.6. The van der Waals surface area contributed by atoms with Crippen LogP contribution in [-0.4, -0.2) is 36.3 Å². The summed E-state index contributed by atoms with van der Waals surface area (Å²) in [6, 6.07) is 6.72. The number of carbonyl (C=O) groups is 2. The van der Waals surface area contributed by atoms with Gasteiger partial charge in [-0.15, -0.1) is 0 Å². The Bertz CT molecular complexity index is 611. The van der Waals surface area contributed by atoms with Crippen molar-refractivity contribution in [2.75, 3.05) is 19.6 Å². The van der Waals surface area contributed by atoms with Gasteiger partial charge in [0.2, 0.25) is 11.8 Å². The number of piperidine rings is 1. The predicted molar refractivity (Wildman–Crippen MR) is 89.9 cm³/mol. The van der Waals surface area contributed by atoms with Gasteiger partial charge in [0.1, 0.15) is 5.82 Å². The van der Waals surface area contributed by atoms with Crippen LogP contribution in [0.1, 0.15) is 44.1 Å². The lowest BCUT2D eigenvalue weighted by Crippen LogP contribution is -2.43. The van der Waals surface area contributed by atoms with Crippen molar-refractivity contribution < 1.29 is 14.0 Å². The van der Waals surface area contributed by atoms with Crippen LogP contribution in [0.25, 0.3) is 0 Å². The van der Waals surface area contributed by atoms with Gasteiger partial charge in [-0.25, -0.2) is 4.39 Å². The van der Waals surface area contributed by atoms with Crippen LogP contribution in [0.2, 0.25) is 0 Å². The van der Waals surface area contributed by atoms with Crippen LogP contribution in [0.15, 0.2) is 24.3 Å². The first-order valence-electron chi connectivity index (χ1n) is 8.92. The van der Waals surface area contributed by atoms with Crippen molar-refractivity contribution in [3.8, 4) is 0 Å². The molecule has 5 heteroatoms. The minimum atomic E-state index is -0.218. The van der Waals surface area contributed by atoms with Gasteiger partial charge in [-0.1, -0.05) is 25.1 Å². The van der Waals surface area contributed by atoms with E-state index in [1.165, 1.54) is 6.07 Å². The first kappa shape index (κ1) is 16.9. The monoisotopic (exact) mass is 332 g/mol. The molecule has 1 N–H and O–H groups in total. The van der Waals surface area contributed by atoms with Crippen LogP contribution < -0.4 is 5.32 Å². The van der Waals surface area contributed by atoms with Crippen molar-refractivity contribution in [1.29, 1.82) is 0 Å². The number of benzene rings is 1. The van der Waals surface area contributed by atoms with Gasteiger partial charge in [-0.2, -0.15) is 0 Å². The third-order valence-electron chi connectivity index (χ3n) is 5.14. The Hall–Kier alpha value is -1.91. The molecule has 130 valence electrons. The van der Waals surface area contributed by atoms with Crippen molar-refractivity contribution in [3.05, 3.63) is 35.6 Å². The lowest BCUT2D eigenvalue weighted by molar-refractivity contribution is -0.136. The molecule has 2 amide bonds. The van der Waals surface area contributed by atoms with E-state index in [1.54, 1.807) is 12.1 Å². The number of rotatable bonds is 5. The Morgan fingerprint density at radius 2 is 1.96 bits per heavy atom. The maximum atomic E-state index is 13.8. The van der Waals surface area contributed by atoms with Crippen molar-refractivity contribution in [2.45, 2.75) is 38.5 Å². The highest BCUT2D eigenvalue weighted by Crippen LogP contribution is 2.49. The second kappa shape index (κ2) is 7.32. The summed E-state index contributed by atoms with van der Waals surface area (Å²) in [7, 11) is 0. The highest BCUT2D eigenvalue weighted by Gasteiger charge is 2.47. The number of halogens is 1. The smallest absolute Gasteiger partial charge is 0.226 e. The highest BCUT2D eigenvalue weighted by atomic mass is 19.1. The molecule has 1 aromatic rings. The van der Waals surface area contributed by atoms with Crippen LogP contribution >= 0.6 is 0 Å². The van der Waals surface area contributed by atoms with E-state index in [9.17, 15) is 14.0 Å². The summed E-state index contributed by atoms with van der Waals surface area (Å²) in [6.07, 6.45) is 3.11. The normalized spacial score (nSPS) is 23.8. The van der Waals surface area contributed by atoms with Gasteiger partial charge in [-0.05, 0) is 43.2 Å². The summed E-state index contributed by atoms with van der Waals surface area (Å²) in [4.78, 5) is 26.5. The van der Waals surface area contributed by atoms with Crippen LogP contribution in [0.3, 0.4) is 0 Å². The number of carbonyl (C=O) groups excluding carboxylic acids is 2. The molecule has 2 unspecified atom stereocenters. The lowest BCUT2D eigenvalue weighted by atomic mass is 9.95. The minimum absolute atomic E-state index is 0.0159. The Morgan fingerprint density at radius 3 is 2.62 bits per heavy atom. The molecule has 3 rings (SSSR count). The fourth-order valence-corrected chi connectivity index (χ4v) is 3.58. The van der Waals surface area contributed by atoms with E-state index >= 15 is 0 Å². The minimum Gasteiger partial charge on any atom is -0.356 e. The zero-order chi connectivity index (χ0) is 17.1. The molecule has 24 heavy (non-hydrogen) atoms. The molecule has 2 fully saturated rings. The fraction of sp³-hybridized carbons (Fsp3) is 0.579. The van der Waals surface area contributed by atoms with E-state index < -0.39 is 0 Å². The lowest BCUT2D eigenvalue weighted by Gasteiger charge is -2.31. The molecule has 4 nitrogen and oxygen atoms in total. The summed E-state index contributed by atoms with van der Waals surface area (Å²) in [5, 5.41) is 2.93. The van der Waals surface area contributed by atoms with E-state index in [4.69, 9.17) is 0 Å². The molecule has 1 aromatic carbocycles. The molecule has 0 aromatic heterocycles. The van der Waals surface area contributed by atoms with E-state index in [2.05, 4.69) is 5.32 Å². The van der Waals surface area contributed by atoms with Crippen LogP contribution in [0.5, 0.6) is 0 Å². The topological polar surface area (TPSA) is 49.4 Å². The number of hydrogen-bond acceptors (Lipinski definition) is 2. The summed E-state index contributed by atoms with van der Waals surface area (Å²) in [6.45, 7) is 4.00. The van der Waals surface area contributed by atoms with Crippen molar-refractivity contribution in [2.24, 2.45) is 11.8 Å². The molecule has 1 heterocycles. The Kier molecular flexibility index (Phi) is 5.17. The van der Waals surface area contributed by atoms with Crippen molar-refractivity contribution in [1.82, 2.24) is 10.2 Å². The molecular formula is C19H25FN2O2. The molecule has 0 bridgehead atoms. The van der Waals surface area contributed by atoms with Gasteiger partial charge in [0, 0.05) is 31.5 Å². The van der Waals surface area contributed by atoms with Crippen molar-refractivity contribution in [3.63, 3.8) is 0 Å². The van der Waals surface area contributed by atoms with Gasteiger partial charge in [0.05, 0.1) is 0 Å². The van der Waals surface area contributed by atoms with Crippen LogP contribution in [-0.2, 0) is 9.59 Å². The van der Waals surface area contributed by atoms with Gasteiger partial charge in [0.25, 0.3) is 0 Å². The van der Waals surface area contributed by atoms with E-state index in [1.807, 2.05) is 17.9 Å². The van der Waals surface area contributed by atoms with Gasteiger partial charge in [-0.3, -0.25) is 9.59 Å². The number of amides is 2. The maximum absolute atomic E-state index is 13.8. The second-order valence-corrected chi connectivity index (χ2v) is 6.86. The standard InChI is InChI=1S/C19H25FN2O2/c1-2-9-21-18(23)13-7-10-22(11-8-13)19(24)16-12-15(16)14-5-3-4-6-17(14)20/h3-6,13,15-16H,2,7-12H2,1H3,(H,21,23). The average molecular weight is 332 g/mol. The molecule has 1 aliphatic heterocycles. The third kappa shape index (κ3) is 3.60. The number of nitrogens with zero attached hydrogens (tertiary/aromatic N) is 1. The summed E-state index contributed by atoms with van der Waals surface area (Å²) < 4.78 is 13.8. The molecule has 0 radical (unpaired) electrons. The number of hydrogen-bond donors (Lipinski definition) is 1. The molecule has 1 saturated carbocycles. The summed E-state index contributed by atoms with van der Waals surface area (Å²) >= 11 is 0. The van der Waals surface area contributed by atoms with Crippen LogP contribution in [0, 0.1) is 17.7 Å². The molecule has 1 aliphatic carbocycles. The fourth-order valence-electron chi connectivity index (χ4n) is 3.58. The van der Waals surface area contributed by atoms with E-state index in [0.717, 1.165) is 25.7 Å². The number of likely N-dealkylation sites (tertiary alicyclic amines) is 1. The highest BCUT2D eigenvalue weighted by molar-refractivity contribution is 5.84. The first-order valence-corrected chi connectivity index (χ1v) is 8.92. The van der Waals surface area contributed by atoms with Gasteiger partial charge < -0.3 is 10.2 Å². The van der Waals surface area contributed by atoms with E-state index in [-0.39, 0.29) is 35.4 Å². The largest absolute Gasteiger partial charge is 0.356 e. The molecular weight excluding hydrogens is 307 g/mol. The van der Waals surface area contributed by atoms with Crippen LogP contribution in [0.4, 0.5) is 4.39 Å². The van der Waals surface area contributed by atoms with Crippen molar-refractivity contribution >= 4 is 11.8 Å². The third-order valence-corrected chi connectivity index (χ3v) is 5.14. The quantitative estimate of drug-likeness (QED) is 0.901. The Morgan fingerprint density at radius 1 is 1.25 bits per heavy atom. The molecule has 2 aliphatic rings.